The molecule has 3 aromatic carbocycles. The van der Waals surface area contributed by atoms with Crippen LogP contribution in [-0.2, 0) is 4.79 Å². The number of thioether (sulfide) groups is 1. The first-order valence-electron chi connectivity index (χ1n) is 7.82. The Balaban J connectivity index is 1.91. The number of hydrogen-bond acceptors (Lipinski definition) is 2. The van der Waals surface area contributed by atoms with E-state index in [0.717, 1.165) is 20.9 Å². The molecule has 0 saturated heterocycles. The van der Waals surface area contributed by atoms with Crippen molar-refractivity contribution in [2.75, 3.05) is 11.6 Å². The van der Waals surface area contributed by atoms with Gasteiger partial charge >= 0.3 is 0 Å². The lowest BCUT2D eigenvalue weighted by Gasteiger charge is -2.28. The Kier molecular flexibility index (Phi) is 4.10. The predicted octanol–water partition coefficient (Wildman–Crippen LogP) is 5.80. The van der Waals surface area contributed by atoms with E-state index in [9.17, 15) is 4.79 Å². The average Bonchev–Trinajstić information content (AvgIpc) is 2.62. The third-order valence-electron chi connectivity index (χ3n) is 4.57. The second-order valence-electron chi connectivity index (χ2n) is 5.95. The molecule has 1 aliphatic rings. The van der Waals surface area contributed by atoms with Crippen LogP contribution in [-0.4, -0.2) is 12.2 Å². The number of benzene rings is 3. The van der Waals surface area contributed by atoms with Crippen LogP contribution < -0.4 is 5.32 Å². The van der Waals surface area contributed by atoms with Gasteiger partial charge in [-0.15, -0.1) is 11.8 Å². The summed E-state index contributed by atoms with van der Waals surface area (Å²) in [4.78, 5) is 13.6. The second-order valence-corrected chi connectivity index (χ2v) is 7.68. The average molecular weight is 398 g/mol. The predicted molar refractivity (Wildman–Crippen MR) is 105 cm³/mol. The van der Waals surface area contributed by atoms with E-state index < -0.39 is 0 Å². The smallest absolute Gasteiger partial charge is 0.225 e. The van der Waals surface area contributed by atoms with E-state index in [1.807, 2.05) is 12.1 Å². The Morgan fingerprint density at radius 1 is 1.08 bits per heavy atom. The molecule has 1 atom stereocenters. The number of nitrogens with one attached hydrogen (secondary N) is 1. The zero-order valence-electron chi connectivity index (χ0n) is 13.2. The summed E-state index contributed by atoms with van der Waals surface area (Å²) in [5, 5.41) is 5.29. The van der Waals surface area contributed by atoms with Crippen molar-refractivity contribution in [3.05, 3.63) is 70.2 Å². The third-order valence-corrected chi connectivity index (χ3v) is 5.97. The lowest BCUT2D eigenvalue weighted by Crippen LogP contribution is -2.23. The summed E-state index contributed by atoms with van der Waals surface area (Å²) in [6, 6.07) is 18.9. The molecule has 3 aromatic rings. The first-order chi connectivity index (χ1) is 11.7. The van der Waals surface area contributed by atoms with Gasteiger partial charge in [0.1, 0.15) is 0 Å². The Morgan fingerprint density at radius 3 is 2.50 bits per heavy atom. The molecular formula is C20H16BrNOS. The van der Waals surface area contributed by atoms with Gasteiger partial charge in [-0.3, -0.25) is 4.79 Å². The second kappa shape index (κ2) is 6.26. The van der Waals surface area contributed by atoms with E-state index in [-0.39, 0.29) is 11.8 Å². The van der Waals surface area contributed by atoms with Crippen LogP contribution in [0.25, 0.3) is 10.8 Å². The zero-order chi connectivity index (χ0) is 16.7. The molecule has 1 amide bonds. The normalized spacial score (nSPS) is 16.8. The number of carbonyl (C=O) groups is 1. The summed E-state index contributed by atoms with van der Waals surface area (Å²) < 4.78 is 1.07. The minimum absolute atomic E-state index is 0.0777. The zero-order valence-corrected chi connectivity index (χ0v) is 15.6. The van der Waals surface area contributed by atoms with Crippen LogP contribution >= 0.6 is 27.7 Å². The maximum Gasteiger partial charge on any atom is 0.225 e. The lowest BCUT2D eigenvalue weighted by molar-refractivity contribution is -0.116. The van der Waals surface area contributed by atoms with Gasteiger partial charge in [-0.05, 0) is 41.0 Å². The molecule has 1 N–H and O–H groups in total. The van der Waals surface area contributed by atoms with Crippen LogP contribution in [0.1, 0.15) is 23.5 Å². The molecule has 0 fully saturated rings. The van der Waals surface area contributed by atoms with Gasteiger partial charge in [0.05, 0.1) is 5.69 Å². The van der Waals surface area contributed by atoms with Crippen molar-refractivity contribution < 1.29 is 4.79 Å². The molecule has 2 nitrogen and oxygen atoms in total. The van der Waals surface area contributed by atoms with Gasteiger partial charge in [0, 0.05) is 27.1 Å². The Hall–Kier alpha value is -1.78. The summed E-state index contributed by atoms with van der Waals surface area (Å²) in [5.74, 6) is 0.166. The van der Waals surface area contributed by atoms with Crippen LogP contribution in [0, 0.1) is 0 Å². The van der Waals surface area contributed by atoms with Crippen molar-refractivity contribution in [3.63, 3.8) is 0 Å². The van der Waals surface area contributed by atoms with Crippen molar-refractivity contribution in [2.24, 2.45) is 0 Å². The minimum atomic E-state index is 0.0777. The Morgan fingerprint density at radius 2 is 1.79 bits per heavy atom. The fraction of sp³-hybridized carbons (Fsp3) is 0.150. The Labute approximate surface area is 153 Å². The van der Waals surface area contributed by atoms with Crippen molar-refractivity contribution >= 4 is 50.1 Å². The molecule has 0 spiro atoms. The standard InChI is InChI=1S/C20H16BrNOS/c1-24-13-8-6-12(7-9-13)16-11-19(23)22-20-15-5-3-2-4-14(15)18(21)10-17(16)20/h2-10,16H,11H2,1H3,(H,22,23). The highest BCUT2D eigenvalue weighted by Crippen LogP contribution is 2.43. The highest BCUT2D eigenvalue weighted by atomic mass is 79.9. The van der Waals surface area contributed by atoms with Gasteiger partial charge < -0.3 is 5.32 Å². The van der Waals surface area contributed by atoms with Gasteiger partial charge in [-0.2, -0.15) is 0 Å². The molecule has 1 heterocycles. The van der Waals surface area contributed by atoms with E-state index in [1.165, 1.54) is 16.0 Å². The molecule has 24 heavy (non-hydrogen) atoms. The van der Waals surface area contributed by atoms with E-state index in [1.54, 1.807) is 11.8 Å². The van der Waals surface area contributed by atoms with Crippen molar-refractivity contribution in [2.45, 2.75) is 17.2 Å². The van der Waals surface area contributed by atoms with Gasteiger partial charge in [0.25, 0.3) is 0 Å². The number of hydrogen-bond donors (Lipinski definition) is 1. The fourth-order valence-corrected chi connectivity index (χ4v) is 4.39. The molecule has 4 rings (SSSR count). The molecule has 120 valence electrons. The van der Waals surface area contributed by atoms with Gasteiger partial charge in [-0.1, -0.05) is 52.3 Å². The number of carbonyl (C=O) groups excluding carboxylic acids is 1. The maximum absolute atomic E-state index is 12.3. The molecule has 0 aromatic heterocycles. The SMILES string of the molecule is CSc1ccc(C2CC(=O)Nc3c2cc(Br)c2ccccc32)cc1. The molecule has 1 unspecified atom stereocenters. The van der Waals surface area contributed by atoms with E-state index in [2.05, 4.69) is 70.0 Å². The van der Waals surface area contributed by atoms with Gasteiger partial charge in [0.15, 0.2) is 0 Å². The van der Waals surface area contributed by atoms with Crippen LogP contribution in [0.4, 0.5) is 5.69 Å². The van der Waals surface area contributed by atoms with Crippen LogP contribution in [0.3, 0.4) is 0 Å². The summed E-state index contributed by atoms with van der Waals surface area (Å²) in [6.45, 7) is 0. The summed E-state index contributed by atoms with van der Waals surface area (Å²) >= 11 is 5.43. The van der Waals surface area contributed by atoms with E-state index in [0.29, 0.717) is 6.42 Å². The highest BCUT2D eigenvalue weighted by Gasteiger charge is 2.28. The lowest BCUT2D eigenvalue weighted by atomic mass is 9.83. The third kappa shape index (κ3) is 2.64. The van der Waals surface area contributed by atoms with E-state index >= 15 is 0 Å². The Bertz CT molecular complexity index is 936. The fourth-order valence-electron chi connectivity index (χ4n) is 3.39. The quantitative estimate of drug-likeness (QED) is 0.553. The summed E-state index contributed by atoms with van der Waals surface area (Å²) in [7, 11) is 0. The first-order valence-corrected chi connectivity index (χ1v) is 9.84. The number of halogens is 1. The molecule has 0 radical (unpaired) electrons. The monoisotopic (exact) mass is 397 g/mol. The van der Waals surface area contributed by atoms with Crippen LogP contribution in [0.5, 0.6) is 0 Å². The van der Waals surface area contributed by atoms with Crippen LogP contribution in [0.15, 0.2) is 64.0 Å². The highest BCUT2D eigenvalue weighted by molar-refractivity contribution is 9.10. The molecule has 0 aliphatic carbocycles. The molecule has 0 bridgehead atoms. The van der Waals surface area contributed by atoms with Crippen LogP contribution in [0.2, 0.25) is 0 Å². The summed E-state index contributed by atoms with van der Waals surface area (Å²) in [5.41, 5.74) is 3.31. The van der Waals surface area contributed by atoms with Gasteiger partial charge in [0.2, 0.25) is 5.91 Å². The number of fused-ring (bicyclic) bond motifs is 3. The number of anilines is 1. The molecule has 1 aliphatic heterocycles. The topological polar surface area (TPSA) is 29.1 Å². The number of amides is 1. The molecule has 4 heteroatoms. The molecule has 0 saturated carbocycles. The minimum Gasteiger partial charge on any atom is -0.325 e. The van der Waals surface area contributed by atoms with Gasteiger partial charge in [-0.25, -0.2) is 0 Å². The number of rotatable bonds is 2. The summed E-state index contributed by atoms with van der Waals surface area (Å²) in [6.07, 6.45) is 2.55. The first kappa shape index (κ1) is 15.7. The van der Waals surface area contributed by atoms with Crippen molar-refractivity contribution in [1.29, 1.82) is 0 Å². The van der Waals surface area contributed by atoms with Crippen molar-refractivity contribution in [3.8, 4) is 0 Å². The largest absolute Gasteiger partial charge is 0.325 e. The maximum atomic E-state index is 12.3. The molecular weight excluding hydrogens is 382 g/mol. The van der Waals surface area contributed by atoms with E-state index in [4.69, 9.17) is 0 Å². The van der Waals surface area contributed by atoms with Crippen molar-refractivity contribution in [1.82, 2.24) is 0 Å².